The first kappa shape index (κ1) is 20.8. The maximum atomic E-state index is 13.3. The summed E-state index contributed by atoms with van der Waals surface area (Å²) < 4.78 is 0. The molecule has 3 aromatic rings. The van der Waals surface area contributed by atoms with E-state index >= 15 is 0 Å². The summed E-state index contributed by atoms with van der Waals surface area (Å²) in [6, 6.07) is 20.9. The molecule has 0 spiro atoms. The third-order valence-electron chi connectivity index (χ3n) is 7.03. The van der Waals surface area contributed by atoms with Crippen molar-refractivity contribution in [1.82, 2.24) is 4.98 Å². The number of carbonyl (C=O) groups excluding carboxylic acids is 1. The first-order chi connectivity index (χ1) is 15.7. The zero-order valence-electron chi connectivity index (χ0n) is 18.7. The number of hydrogen-bond donors (Lipinski definition) is 0. The van der Waals surface area contributed by atoms with Crippen molar-refractivity contribution in [1.29, 1.82) is 0 Å². The molecule has 2 aliphatic rings. The average molecular weight is 423 g/mol. The van der Waals surface area contributed by atoms with Crippen molar-refractivity contribution in [2.24, 2.45) is 22.7 Å². The first-order valence-electron chi connectivity index (χ1n) is 11.8. The number of ketones is 1. The minimum atomic E-state index is 0.270. The highest BCUT2D eigenvalue weighted by atomic mass is 16.1. The number of pyridine rings is 1. The Morgan fingerprint density at radius 2 is 1.72 bits per heavy atom. The second-order valence-corrected chi connectivity index (χ2v) is 9.63. The van der Waals surface area contributed by atoms with Crippen molar-refractivity contribution >= 4 is 11.5 Å². The fourth-order valence-corrected chi connectivity index (χ4v) is 5.67. The Balaban J connectivity index is 1.28. The van der Waals surface area contributed by atoms with Gasteiger partial charge in [0.25, 0.3) is 0 Å². The maximum absolute atomic E-state index is 13.3. The summed E-state index contributed by atoms with van der Waals surface area (Å²) >= 11 is 0. The minimum absolute atomic E-state index is 0.270. The van der Waals surface area contributed by atoms with Crippen molar-refractivity contribution in [2.75, 3.05) is 0 Å². The molecule has 32 heavy (non-hydrogen) atoms. The lowest BCUT2D eigenvalue weighted by Crippen LogP contribution is -2.24. The number of nitrogens with zero attached hydrogens (tertiary/aromatic N) is 2. The third kappa shape index (κ3) is 4.57. The Hall–Kier alpha value is -3.07. The van der Waals surface area contributed by atoms with Crippen LogP contribution in [0.15, 0.2) is 78.0 Å². The number of benzene rings is 2. The monoisotopic (exact) mass is 422 g/mol. The van der Waals surface area contributed by atoms with Crippen LogP contribution in [0.4, 0.5) is 0 Å². The molecule has 2 aromatic carbocycles. The zero-order chi connectivity index (χ0) is 21.9. The van der Waals surface area contributed by atoms with Crippen LogP contribution in [0.1, 0.15) is 65.2 Å². The molecule has 3 unspecified atom stereocenters. The van der Waals surface area contributed by atoms with Gasteiger partial charge in [0.05, 0.1) is 12.3 Å². The molecule has 3 atom stereocenters. The summed E-state index contributed by atoms with van der Waals surface area (Å²) in [6.07, 6.45) is 8.94. The molecule has 162 valence electrons. The van der Waals surface area contributed by atoms with E-state index in [0.29, 0.717) is 30.7 Å². The summed E-state index contributed by atoms with van der Waals surface area (Å²) in [4.78, 5) is 22.1. The smallest absolute Gasteiger partial charge is 0.163 e. The van der Waals surface area contributed by atoms with E-state index in [2.05, 4.69) is 54.4 Å². The van der Waals surface area contributed by atoms with Crippen LogP contribution in [-0.2, 0) is 13.0 Å². The Kier molecular flexibility index (Phi) is 5.98. The Morgan fingerprint density at radius 1 is 0.938 bits per heavy atom. The highest BCUT2D eigenvalue weighted by molar-refractivity contribution is 6.16. The average Bonchev–Trinajstić information content (AvgIpc) is 3.23. The Morgan fingerprint density at radius 3 is 2.53 bits per heavy atom. The van der Waals surface area contributed by atoms with Gasteiger partial charge in [-0.25, -0.2) is 0 Å². The number of aromatic nitrogens is 1. The van der Waals surface area contributed by atoms with E-state index in [1.165, 1.54) is 17.5 Å². The first-order valence-corrected chi connectivity index (χ1v) is 11.8. The Bertz CT molecular complexity index is 1120. The van der Waals surface area contributed by atoms with Crippen molar-refractivity contribution in [3.8, 4) is 0 Å². The van der Waals surface area contributed by atoms with E-state index in [9.17, 15) is 4.79 Å². The van der Waals surface area contributed by atoms with Crippen LogP contribution in [-0.4, -0.2) is 16.5 Å². The van der Waals surface area contributed by atoms with Crippen LogP contribution in [0, 0.1) is 17.8 Å². The summed E-state index contributed by atoms with van der Waals surface area (Å²) in [7, 11) is 0. The van der Waals surface area contributed by atoms with Crippen molar-refractivity contribution in [2.45, 2.75) is 45.6 Å². The second-order valence-electron chi connectivity index (χ2n) is 9.63. The molecule has 2 heterocycles. The molecule has 0 bridgehead atoms. The number of rotatable bonds is 6. The maximum Gasteiger partial charge on any atom is 0.163 e. The lowest BCUT2D eigenvalue weighted by molar-refractivity contribution is 0.0924. The van der Waals surface area contributed by atoms with Crippen LogP contribution in [0.5, 0.6) is 0 Å². The van der Waals surface area contributed by atoms with Gasteiger partial charge in [-0.2, -0.15) is 0 Å². The lowest BCUT2D eigenvalue weighted by Gasteiger charge is -2.33. The van der Waals surface area contributed by atoms with Gasteiger partial charge in [-0.3, -0.25) is 14.8 Å². The van der Waals surface area contributed by atoms with E-state index < -0.39 is 0 Å². The molecule has 1 saturated carbocycles. The normalized spacial score (nSPS) is 22.3. The van der Waals surface area contributed by atoms with E-state index in [-0.39, 0.29) is 5.78 Å². The highest BCUT2D eigenvalue weighted by Gasteiger charge is 2.29. The molecule has 0 amide bonds. The molecule has 3 nitrogen and oxygen atoms in total. The molecule has 0 saturated heterocycles. The van der Waals surface area contributed by atoms with E-state index in [1.54, 1.807) is 12.4 Å². The predicted molar refractivity (Wildman–Crippen MR) is 129 cm³/mol. The fourth-order valence-electron chi connectivity index (χ4n) is 5.67. The molecular formula is C29H30N2O. The van der Waals surface area contributed by atoms with Gasteiger partial charge >= 0.3 is 0 Å². The van der Waals surface area contributed by atoms with Gasteiger partial charge in [0.15, 0.2) is 5.78 Å². The molecule has 1 aromatic heterocycles. The van der Waals surface area contributed by atoms with Crippen LogP contribution in [0.3, 0.4) is 0 Å². The van der Waals surface area contributed by atoms with Crippen molar-refractivity contribution in [3.63, 3.8) is 0 Å². The topological polar surface area (TPSA) is 42.3 Å². The van der Waals surface area contributed by atoms with Crippen LogP contribution >= 0.6 is 0 Å². The van der Waals surface area contributed by atoms with Gasteiger partial charge in [-0.15, -0.1) is 0 Å². The largest absolute Gasteiger partial charge is 0.294 e. The molecule has 1 aliphatic heterocycles. The number of aliphatic imine (C=N–C) groups is 1. The van der Waals surface area contributed by atoms with Gasteiger partial charge in [-0.05, 0) is 72.8 Å². The number of fused-ring (bicyclic) bond motifs is 1. The molecule has 0 radical (unpaired) electrons. The summed E-state index contributed by atoms with van der Waals surface area (Å²) in [6.45, 7) is 3.03. The van der Waals surface area contributed by atoms with Gasteiger partial charge in [0.2, 0.25) is 0 Å². The van der Waals surface area contributed by atoms with E-state index in [0.717, 1.165) is 41.7 Å². The van der Waals surface area contributed by atoms with E-state index in [1.807, 2.05) is 18.2 Å². The summed E-state index contributed by atoms with van der Waals surface area (Å²) in [5.41, 5.74) is 6.58. The van der Waals surface area contributed by atoms with Gasteiger partial charge in [-0.1, -0.05) is 49.4 Å². The molecular weight excluding hydrogens is 392 g/mol. The molecule has 3 heteroatoms. The van der Waals surface area contributed by atoms with Crippen LogP contribution in [0.25, 0.3) is 0 Å². The lowest BCUT2D eigenvalue weighted by atomic mass is 9.72. The quantitative estimate of drug-likeness (QED) is 0.437. The third-order valence-corrected chi connectivity index (χ3v) is 7.03. The van der Waals surface area contributed by atoms with Crippen LogP contribution < -0.4 is 0 Å². The fraction of sp³-hybridized carbons (Fsp3) is 0.345. The van der Waals surface area contributed by atoms with Gasteiger partial charge < -0.3 is 0 Å². The predicted octanol–water partition coefficient (Wildman–Crippen LogP) is 6.30. The standard InChI is InChI=1S/C29H30N2O/c1-20-13-22(15-21-5-3-2-4-6-21)16-23(14-20)17-28(32)25-7-8-26-19-31-29(27(26)18-25)24-9-11-30-12-10-24/h2-12,18,20,22-23H,13-17,19H2,1H3. The van der Waals surface area contributed by atoms with E-state index in [4.69, 9.17) is 4.99 Å². The highest BCUT2D eigenvalue weighted by Crippen LogP contribution is 2.37. The van der Waals surface area contributed by atoms with Gasteiger partial charge in [0, 0.05) is 35.5 Å². The zero-order valence-corrected chi connectivity index (χ0v) is 18.7. The molecule has 1 fully saturated rings. The van der Waals surface area contributed by atoms with Crippen molar-refractivity contribution in [3.05, 3.63) is 101 Å². The number of hydrogen-bond acceptors (Lipinski definition) is 3. The van der Waals surface area contributed by atoms with Crippen molar-refractivity contribution < 1.29 is 4.79 Å². The molecule has 5 rings (SSSR count). The second kappa shape index (κ2) is 9.20. The number of carbonyl (C=O) groups is 1. The minimum Gasteiger partial charge on any atom is -0.294 e. The Labute approximate surface area is 190 Å². The van der Waals surface area contributed by atoms with Gasteiger partial charge in [0.1, 0.15) is 0 Å². The summed E-state index contributed by atoms with van der Waals surface area (Å²) in [5, 5.41) is 0. The van der Waals surface area contributed by atoms with Crippen LogP contribution in [0.2, 0.25) is 0 Å². The molecule has 1 aliphatic carbocycles. The molecule has 0 N–H and O–H groups in total. The summed E-state index contributed by atoms with van der Waals surface area (Å²) in [5.74, 6) is 2.10. The SMILES string of the molecule is CC1CC(CC(=O)c2ccc3c(c2)C(c2ccncc2)=NC3)CC(Cc2ccccc2)C1. The number of Topliss-reactive ketones (excluding diaryl/α,β-unsaturated/α-hetero) is 1.